The quantitative estimate of drug-likeness (QED) is 0.712. The molecular weight excluding hydrogens is 352 g/mol. The van der Waals surface area contributed by atoms with Crippen LogP contribution in [0.25, 0.3) is 0 Å². The Morgan fingerprint density at radius 2 is 2.04 bits per heavy atom. The van der Waals surface area contributed by atoms with Gasteiger partial charge in [-0.05, 0) is 26.3 Å². The average Bonchev–Trinajstić information content (AvgIpc) is 3.14. The zero-order valence-electron chi connectivity index (χ0n) is 16.0. The normalized spacial score (nSPS) is 48.4. The van der Waals surface area contributed by atoms with E-state index in [2.05, 4.69) is 0 Å². The van der Waals surface area contributed by atoms with Crippen molar-refractivity contribution in [1.29, 1.82) is 0 Å². The van der Waals surface area contributed by atoms with Crippen LogP contribution in [0.3, 0.4) is 0 Å². The van der Waals surface area contributed by atoms with Crippen LogP contribution >= 0.6 is 0 Å². The number of hydrogen-bond donors (Lipinski definition) is 2. The van der Waals surface area contributed by atoms with Gasteiger partial charge in [-0.1, -0.05) is 13.8 Å². The maximum absolute atomic E-state index is 12.9. The second kappa shape index (κ2) is 5.65. The summed E-state index contributed by atoms with van der Waals surface area (Å²) < 4.78 is 17.7. The summed E-state index contributed by atoms with van der Waals surface area (Å²) in [5, 5.41) is 21.3. The predicted octanol–water partition coefficient (Wildman–Crippen LogP) is 1.23. The molecule has 7 nitrogen and oxygen atoms in total. The molecule has 27 heavy (non-hydrogen) atoms. The van der Waals surface area contributed by atoms with Crippen LogP contribution in [-0.4, -0.2) is 52.2 Å². The molecule has 0 aromatic carbocycles. The van der Waals surface area contributed by atoms with Crippen molar-refractivity contribution in [2.24, 2.45) is 17.3 Å². The van der Waals surface area contributed by atoms with Gasteiger partial charge in [0.25, 0.3) is 0 Å². The Labute approximate surface area is 158 Å². The van der Waals surface area contributed by atoms with Crippen molar-refractivity contribution < 1.29 is 34.0 Å². The smallest absolute Gasteiger partial charge is 0.318 e. The van der Waals surface area contributed by atoms with E-state index in [0.29, 0.717) is 17.8 Å². The molecule has 0 saturated carbocycles. The highest BCUT2D eigenvalue weighted by atomic mass is 16.7. The first-order chi connectivity index (χ1) is 12.6. The van der Waals surface area contributed by atoms with E-state index in [-0.39, 0.29) is 24.7 Å². The van der Waals surface area contributed by atoms with Crippen molar-refractivity contribution in [3.63, 3.8) is 0 Å². The van der Waals surface area contributed by atoms with Gasteiger partial charge in [0.2, 0.25) is 5.78 Å². The predicted molar refractivity (Wildman–Crippen MR) is 93.1 cm³/mol. The van der Waals surface area contributed by atoms with Gasteiger partial charge in [-0.25, -0.2) is 0 Å². The molecule has 7 heteroatoms. The molecule has 0 spiro atoms. The third kappa shape index (κ3) is 2.19. The van der Waals surface area contributed by atoms with Gasteiger partial charge in [0.1, 0.15) is 17.3 Å². The van der Waals surface area contributed by atoms with Gasteiger partial charge in [0.05, 0.1) is 12.7 Å². The van der Waals surface area contributed by atoms with Gasteiger partial charge in [-0.15, -0.1) is 0 Å². The molecule has 4 aliphatic heterocycles. The van der Waals surface area contributed by atoms with Crippen molar-refractivity contribution in [1.82, 2.24) is 0 Å². The molecular formula is C20H26O7. The lowest BCUT2D eigenvalue weighted by molar-refractivity contribution is -0.267. The number of aliphatic hydroxyl groups excluding tert-OH is 1. The van der Waals surface area contributed by atoms with E-state index in [1.165, 1.54) is 6.08 Å². The third-order valence-electron chi connectivity index (χ3n) is 7.01. The summed E-state index contributed by atoms with van der Waals surface area (Å²) in [5.74, 6) is -2.94. The van der Waals surface area contributed by atoms with Crippen LogP contribution in [0, 0.1) is 17.3 Å². The summed E-state index contributed by atoms with van der Waals surface area (Å²) in [6, 6.07) is 0. The number of carbonyl (C=O) groups is 2. The zero-order valence-corrected chi connectivity index (χ0v) is 16.0. The van der Waals surface area contributed by atoms with Gasteiger partial charge < -0.3 is 24.4 Å². The summed E-state index contributed by atoms with van der Waals surface area (Å²) in [7, 11) is 0. The maximum Gasteiger partial charge on any atom is 0.318 e. The Hall–Kier alpha value is -1.70. The minimum absolute atomic E-state index is 0.185. The lowest BCUT2D eigenvalue weighted by Crippen LogP contribution is -2.53. The molecule has 7 atom stereocenters. The second-order valence-electron chi connectivity index (χ2n) is 8.52. The van der Waals surface area contributed by atoms with Crippen LogP contribution in [0.15, 0.2) is 23.5 Å². The summed E-state index contributed by atoms with van der Waals surface area (Å²) >= 11 is 0. The fourth-order valence-corrected chi connectivity index (χ4v) is 5.08. The van der Waals surface area contributed by atoms with E-state index >= 15 is 0 Å². The van der Waals surface area contributed by atoms with Crippen molar-refractivity contribution in [2.45, 2.75) is 64.1 Å². The maximum atomic E-state index is 12.9. The van der Waals surface area contributed by atoms with Crippen molar-refractivity contribution in [3.05, 3.63) is 23.5 Å². The van der Waals surface area contributed by atoms with Crippen LogP contribution < -0.4 is 0 Å². The Bertz CT molecular complexity index is 770. The largest absolute Gasteiger partial charge is 0.479 e. The molecule has 2 fully saturated rings. The third-order valence-corrected chi connectivity index (χ3v) is 7.01. The van der Waals surface area contributed by atoms with Crippen LogP contribution in [-0.2, 0) is 23.8 Å². The minimum Gasteiger partial charge on any atom is -0.479 e. The van der Waals surface area contributed by atoms with E-state index in [9.17, 15) is 19.8 Å². The molecule has 0 aromatic rings. The van der Waals surface area contributed by atoms with E-state index in [0.717, 1.165) is 0 Å². The number of aliphatic hydroxyl groups is 2. The highest BCUT2D eigenvalue weighted by Gasteiger charge is 2.75. The monoisotopic (exact) mass is 378 g/mol. The number of esters is 1. The van der Waals surface area contributed by atoms with E-state index < -0.39 is 40.9 Å². The van der Waals surface area contributed by atoms with Crippen LogP contribution in [0.1, 0.15) is 40.5 Å². The molecule has 0 radical (unpaired) electrons. The van der Waals surface area contributed by atoms with Gasteiger partial charge in [0.15, 0.2) is 11.4 Å². The number of ether oxygens (including phenoxy) is 3. The van der Waals surface area contributed by atoms with E-state index in [1.54, 1.807) is 19.9 Å². The summed E-state index contributed by atoms with van der Waals surface area (Å²) in [6.07, 6.45) is 2.51. The first-order valence-electron chi connectivity index (χ1n) is 9.49. The molecule has 2 bridgehead atoms. The van der Waals surface area contributed by atoms with Crippen LogP contribution in [0.4, 0.5) is 0 Å². The van der Waals surface area contributed by atoms with E-state index in [1.807, 2.05) is 13.8 Å². The first-order valence-corrected chi connectivity index (χ1v) is 9.49. The van der Waals surface area contributed by atoms with Crippen molar-refractivity contribution in [3.8, 4) is 0 Å². The SMILES string of the molecule is CCC(C)C1(O)OC2CC3(C)OC(=CC3=O)/C(CO)=C\C3OC(=O)C1(C)C32. The second-order valence-corrected chi connectivity index (χ2v) is 8.52. The lowest BCUT2D eigenvalue weighted by atomic mass is 9.66. The number of carbonyl (C=O) groups excluding carboxylic acids is 2. The topological polar surface area (TPSA) is 102 Å². The first kappa shape index (κ1) is 18.7. The summed E-state index contributed by atoms with van der Waals surface area (Å²) in [6.45, 7) is 6.76. The Kier molecular flexibility index (Phi) is 3.91. The van der Waals surface area contributed by atoms with Crippen LogP contribution in [0.5, 0.6) is 0 Å². The summed E-state index contributed by atoms with van der Waals surface area (Å²) in [5.41, 5.74) is -2.04. The molecule has 148 valence electrons. The Balaban J connectivity index is 1.88. The molecule has 4 rings (SSSR count). The number of rotatable bonds is 3. The highest BCUT2D eigenvalue weighted by Crippen LogP contribution is 2.61. The van der Waals surface area contributed by atoms with Crippen LogP contribution in [0.2, 0.25) is 0 Å². The van der Waals surface area contributed by atoms with Crippen molar-refractivity contribution >= 4 is 11.8 Å². The Morgan fingerprint density at radius 3 is 2.67 bits per heavy atom. The molecule has 4 heterocycles. The number of fused-ring (bicyclic) bond motifs is 2. The van der Waals surface area contributed by atoms with E-state index in [4.69, 9.17) is 14.2 Å². The van der Waals surface area contributed by atoms with Gasteiger partial charge in [-0.2, -0.15) is 0 Å². The fourth-order valence-electron chi connectivity index (χ4n) is 5.08. The average molecular weight is 378 g/mol. The lowest BCUT2D eigenvalue weighted by Gasteiger charge is -2.38. The van der Waals surface area contributed by atoms with Gasteiger partial charge >= 0.3 is 5.97 Å². The minimum atomic E-state index is -1.70. The fraction of sp³-hybridized carbons (Fsp3) is 0.700. The zero-order chi connectivity index (χ0) is 19.8. The standard InChI is InChI=1S/C20H26O7/c1-5-10(2)20(24)19(4)16-13(25-17(19)23)6-11(9-21)12-7-15(22)18(3,26-12)8-14(16)27-20/h6-7,10,13-14,16,21,24H,5,8-9H2,1-4H3/b11-6-. The number of hydrogen-bond acceptors (Lipinski definition) is 7. The molecule has 4 aliphatic rings. The molecule has 2 saturated heterocycles. The molecule has 7 unspecified atom stereocenters. The molecule has 0 aliphatic carbocycles. The summed E-state index contributed by atoms with van der Waals surface area (Å²) in [4.78, 5) is 25.5. The van der Waals surface area contributed by atoms with Crippen molar-refractivity contribution in [2.75, 3.05) is 6.61 Å². The van der Waals surface area contributed by atoms with Gasteiger partial charge in [0, 0.05) is 29.9 Å². The molecule has 0 amide bonds. The molecule has 0 aromatic heterocycles. The highest BCUT2D eigenvalue weighted by molar-refractivity contribution is 6.00. The Morgan fingerprint density at radius 1 is 1.33 bits per heavy atom. The van der Waals surface area contributed by atoms with Gasteiger partial charge in [-0.3, -0.25) is 9.59 Å². The molecule has 2 N–H and O–H groups in total. The number of ketones is 1.